The molecule has 0 saturated carbocycles. The molecule has 0 bridgehead atoms. The van der Waals surface area contributed by atoms with Crippen molar-refractivity contribution in [3.63, 3.8) is 0 Å². The Balaban J connectivity index is 1.42. The van der Waals surface area contributed by atoms with Gasteiger partial charge < -0.3 is 21.4 Å². The molecule has 2 aliphatic heterocycles. The molecule has 2 aromatic heterocycles. The topological polar surface area (TPSA) is 118 Å². The van der Waals surface area contributed by atoms with Crippen LogP contribution in [0.4, 0.5) is 10.1 Å². The van der Waals surface area contributed by atoms with E-state index < -0.39 is 11.7 Å². The minimum Gasteiger partial charge on any atom is -0.398 e. The summed E-state index contributed by atoms with van der Waals surface area (Å²) in [5, 5.41) is 1.81. The predicted molar refractivity (Wildman–Crippen MR) is 121 cm³/mol. The van der Waals surface area contributed by atoms with Crippen LogP contribution in [0.1, 0.15) is 46.4 Å². The molecule has 5 rings (SSSR count). The number of fused-ring (bicyclic) bond motifs is 1. The van der Waals surface area contributed by atoms with Crippen molar-refractivity contribution in [2.75, 3.05) is 5.73 Å². The first-order chi connectivity index (χ1) is 15.3. The molecule has 0 aliphatic carbocycles. The fourth-order valence-corrected chi connectivity index (χ4v) is 5.46. The van der Waals surface area contributed by atoms with Crippen molar-refractivity contribution >= 4 is 46.0 Å². The van der Waals surface area contributed by atoms with Gasteiger partial charge in [-0.25, -0.2) is 9.37 Å². The highest BCUT2D eigenvalue weighted by Gasteiger charge is 2.42. The SMILES string of the molecule is NC(=O)c1cc(-c2cnc([C@@H]3CC[C@@H]4CC(c5c(N)ccc(Cl)c5F)=CC(=O)N43)[nH]2)cs1. The largest absolute Gasteiger partial charge is 0.398 e. The van der Waals surface area contributed by atoms with Crippen LogP contribution >= 0.6 is 22.9 Å². The molecule has 1 saturated heterocycles. The Hall–Kier alpha value is -3.17. The van der Waals surface area contributed by atoms with Gasteiger partial charge in [0.1, 0.15) is 5.82 Å². The van der Waals surface area contributed by atoms with Gasteiger partial charge in [0.15, 0.2) is 5.82 Å². The first kappa shape index (κ1) is 20.7. The zero-order valence-corrected chi connectivity index (χ0v) is 18.3. The van der Waals surface area contributed by atoms with Crippen LogP contribution in [0, 0.1) is 5.82 Å². The van der Waals surface area contributed by atoms with E-state index in [0.717, 1.165) is 24.1 Å². The Bertz CT molecular complexity index is 1280. The number of carbonyl (C=O) groups excluding carboxylic acids is 2. The molecule has 3 aromatic rings. The van der Waals surface area contributed by atoms with Crippen LogP contribution in [0.5, 0.6) is 0 Å². The van der Waals surface area contributed by atoms with E-state index in [1.54, 1.807) is 23.2 Å². The van der Waals surface area contributed by atoms with Crippen LogP contribution in [-0.4, -0.2) is 32.7 Å². The van der Waals surface area contributed by atoms with Crippen molar-refractivity contribution in [1.82, 2.24) is 14.9 Å². The standard InChI is InChI=1S/C22H19ClFN5O2S/c23-13-2-3-14(25)19(20(13)24)10-5-12-1-4-16(29(12)18(30)7-10)22-27-8-15(28-22)11-6-17(21(26)31)32-9-11/h2-3,6-9,12,16H,1,4-5,25H2,(H2,26,31)(H,27,28)/t12-,16+/m1/s1. The normalized spacial score (nSPS) is 20.4. The number of imidazole rings is 1. The number of aromatic nitrogens is 2. The maximum Gasteiger partial charge on any atom is 0.258 e. The molecule has 0 unspecified atom stereocenters. The number of aromatic amines is 1. The summed E-state index contributed by atoms with van der Waals surface area (Å²) in [7, 11) is 0. The third-order valence-corrected chi connectivity index (χ3v) is 7.26. The van der Waals surface area contributed by atoms with E-state index in [1.807, 2.05) is 5.38 Å². The first-order valence-corrected chi connectivity index (χ1v) is 11.3. The van der Waals surface area contributed by atoms with E-state index >= 15 is 0 Å². The maximum absolute atomic E-state index is 14.7. The number of anilines is 1. The van der Waals surface area contributed by atoms with Crippen LogP contribution in [0.2, 0.25) is 5.02 Å². The Morgan fingerprint density at radius 2 is 2.16 bits per heavy atom. The minimum absolute atomic E-state index is 0.0229. The molecule has 5 N–H and O–H groups in total. The minimum atomic E-state index is -0.601. The van der Waals surface area contributed by atoms with Crippen molar-refractivity contribution in [3.05, 3.63) is 63.0 Å². The first-order valence-electron chi connectivity index (χ1n) is 10.0. The second kappa shape index (κ2) is 7.75. The number of rotatable bonds is 4. The Kier molecular flexibility index (Phi) is 5.02. The lowest BCUT2D eigenvalue weighted by atomic mass is 9.92. The molecule has 1 aromatic carbocycles. The summed E-state index contributed by atoms with van der Waals surface area (Å²) in [5.74, 6) is -0.608. The van der Waals surface area contributed by atoms with E-state index in [0.29, 0.717) is 22.7 Å². The monoisotopic (exact) mass is 471 g/mol. The number of primary amides is 1. The second-order valence-electron chi connectivity index (χ2n) is 7.94. The van der Waals surface area contributed by atoms with Crippen LogP contribution in [-0.2, 0) is 4.79 Å². The van der Waals surface area contributed by atoms with Gasteiger partial charge in [-0.05, 0) is 43.0 Å². The van der Waals surface area contributed by atoms with Gasteiger partial charge in [-0.15, -0.1) is 11.3 Å². The third kappa shape index (κ3) is 3.37. The molecule has 32 heavy (non-hydrogen) atoms. The van der Waals surface area contributed by atoms with Crippen LogP contribution in [0.15, 0.2) is 35.9 Å². The zero-order chi connectivity index (χ0) is 22.6. The van der Waals surface area contributed by atoms with Gasteiger partial charge >= 0.3 is 0 Å². The molecule has 1 fully saturated rings. The lowest BCUT2D eigenvalue weighted by molar-refractivity contribution is -0.129. The number of halogens is 2. The lowest BCUT2D eigenvalue weighted by Crippen LogP contribution is -2.39. The lowest BCUT2D eigenvalue weighted by Gasteiger charge is -2.33. The summed E-state index contributed by atoms with van der Waals surface area (Å²) >= 11 is 7.21. The van der Waals surface area contributed by atoms with Crippen molar-refractivity contribution < 1.29 is 14.0 Å². The third-order valence-electron chi connectivity index (χ3n) is 6.02. The van der Waals surface area contributed by atoms with Crippen LogP contribution < -0.4 is 11.5 Å². The molecule has 0 radical (unpaired) electrons. The van der Waals surface area contributed by atoms with Gasteiger partial charge in [-0.1, -0.05) is 11.6 Å². The molecule has 4 heterocycles. The molecule has 2 atom stereocenters. The van der Waals surface area contributed by atoms with Crippen molar-refractivity contribution in [3.8, 4) is 11.3 Å². The molecule has 7 nitrogen and oxygen atoms in total. The number of thiophene rings is 1. The van der Waals surface area contributed by atoms with Gasteiger partial charge in [0, 0.05) is 34.3 Å². The average molecular weight is 472 g/mol. The molecule has 2 aliphatic rings. The molecular weight excluding hydrogens is 453 g/mol. The van der Waals surface area contributed by atoms with E-state index in [1.165, 1.54) is 23.5 Å². The highest BCUT2D eigenvalue weighted by atomic mass is 35.5. The Morgan fingerprint density at radius 3 is 2.91 bits per heavy atom. The van der Waals surface area contributed by atoms with E-state index in [2.05, 4.69) is 9.97 Å². The maximum atomic E-state index is 14.7. The summed E-state index contributed by atoms with van der Waals surface area (Å²) in [6, 6.07) is 4.38. The van der Waals surface area contributed by atoms with Crippen molar-refractivity contribution in [2.24, 2.45) is 5.73 Å². The van der Waals surface area contributed by atoms with E-state index in [-0.39, 0.29) is 34.3 Å². The molecule has 2 amide bonds. The number of nitrogen functional groups attached to an aromatic ring is 1. The number of carbonyl (C=O) groups is 2. The smallest absolute Gasteiger partial charge is 0.258 e. The number of amides is 2. The van der Waals surface area contributed by atoms with Crippen molar-refractivity contribution in [1.29, 1.82) is 0 Å². The summed E-state index contributed by atoms with van der Waals surface area (Å²) < 4.78 is 14.7. The number of nitrogens with zero attached hydrogens (tertiary/aromatic N) is 2. The average Bonchev–Trinajstić information content (AvgIpc) is 3.49. The van der Waals surface area contributed by atoms with Gasteiger partial charge in [-0.3, -0.25) is 9.59 Å². The second-order valence-corrected chi connectivity index (χ2v) is 9.26. The van der Waals surface area contributed by atoms with E-state index in [9.17, 15) is 14.0 Å². The molecule has 0 spiro atoms. The number of hydrogen-bond acceptors (Lipinski definition) is 5. The number of nitrogens with two attached hydrogens (primary N) is 2. The Morgan fingerprint density at radius 1 is 1.34 bits per heavy atom. The number of nitrogens with one attached hydrogen (secondary N) is 1. The van der Waals surface area contributed by atoms with Crippen LogP contribution in [0.3, 0.4) is 0 Å². The van der Waals surface area contributed by atoms with E-state index in [4.69, 9.17) is 23.1 Å². The van der Waals surface area contributed by atoms with Gasteiger partial charge in [-0.2, -0.15) is 0 Å². The molecule has 10 heteroatoms. The van der Waals surface area contributed by atoms with Crippen molar-refractivity contribution in [2.45, 2.75) is 31.3 Å². The molecule has 164 valence electrons. The number of hydrogen-bond donors (Lipinski definition) is 3. The quantitative estimate of drug-likeness (QED) is 0.495. The summed E-state index contributed by atoms with van der Waals surface area (Å²) in [6.45, 7) is 0. The van der Waals surface area contributed by atoms with Crippen LogP contribution in [0.25, 0.3) is 16.8 Å². The summed E-state index contributed by atoms with van der Waals surface area (Å²) in [4.78, 5) is 34.5. The van der Waals surface area contributed by atoms with Gasteiger partial charge in [0.05, 0.1) is 27.8 Å². The summed E-state index contributed by atoms with van der Waals surface area (Å²) in [6.07, 6.45) is 5.11. The Labute approximate surface area is 191 Å². The molecular formula is C22H19ClFN5O2S. The fourth-order valence-electron chi connectivity index (χ4n) is 4.55. The van der Waals surface area contributed by atoms with Gasteiger partial charge in [0.25, 0.3) is 5.91 Å². The predicted octanol–water partition coefficient (Wildman–Crippen LogP) is 4.13. The summed E-state index contributed by atoms with van der Waals surface area (Å²) in [5.41, 5.74) is 13.9. The highest BCUT2D eigenvalue weighted by Crippen LogP contribution is 2.44. The highest BCUT2D eigenvalue weighted by molar-refractivity contribution is 7.12. The number of benzene rings is 1. The zero-order valence-electron chi connectivity index (χ0n) is 16.8. The van der Waals surface area contributed by atoms with Gasteiger partial charge in [0.2, 0.25) is 5.91 Å². The fraction of sp³-hybridized carbons (Fsp3) is 0.227. The number of H-pyrrole nitrogens is 1.